The van der Waals surface area contributed by atoms with Crippen molar-refractivity contribution in [2.75, 3.05) is 22.8 Å². The van der Waals surface area contributed by atoms with Crippen molar-refractivity contribution in [2.45, 2.75) is 38.0 Å². The molecule has 0 bridgehead atoms. The number of fused-ring (bicyclic) bond motifs is 1. The molecule has 7 heteroatoms. The third-order valence-corrected chi connectivity index (χ3v) is 6.46. The number of hydrogen-bond donors (Lipinski definition) is 1. The first-order valence-electron chi connectivity index (χ1n) is 9.53. The van der Waals surface area contributed by atoms with Gasteiger partial charge in [-0.15, -0.1) is 0 Å². The zero-order valence-electron chi connectivity index (χ0n) is 15.8. The molecule has 2 aromatic carbocycles. The molecule has 1 amide bonds. The number of sulfonamides is 1. The highest BCUT2D eigenvalue weighted by molar-refractivity contribution is 7.91. The Kier molecular flexibility index (Phi) is 5.12. The average Bonchev–Trinajstić information content (AvgIpc) is 3.32. The highest BCUT2D eigenvalue weighted by Crippen LogP contribution is 2.33. The van der Waals surface area contributed by atoms with E-state index in [1.165, 1.54) is 0 Å². The predicted octanol–water partition coefficient (Wildman–Crippen LogP) is 3.01. The molecule has 0 aromatic heterocycles. The van der Waals surface area contributed by atoms with Crippen LogP contribution in [0, 0.1) is 6.92 Å². The molecular formula is C21H24N2O4S. The van der Waals surface area contributed by atoms with E-state index >= 15 is 0 Å². The van der Waals surface area contributed by atoms with Crippen LogP contribution in [0.5, 0.6) is 0 Å². The van der Waals surface area contributed by atoms with Crippen molar-refractivity contribution in [3.05, 3.63) is 59.2 Å². The average molecular weight is 401 g/mol. The summed E-state index contributed by atoms with van der Waals surface area (Å²) < 4.78 is 33.3. The Labute approximate surface area is 165 Å². The second-order valence-electron chi connectivity index (χ2n) is 7.43. The Bertz CT molecular complexity index is 980. The molecule has 1 unspecified atom stereocenters. The summed E-state index contributed by atoms with van der Waals surface area (Å²) in [5, 5.41) is 0. The number of benzene rings is 2. The molecule has 148 valence electrons. The Morgan fingerprint density at radius 3 is 2.71 bits per heavy atom. The number of carbonyl (C=O) groups excluding carboxylic acids is 1. The lowest BCUT2D eigenvalue weighted by Gasteiger charge is -2.21. The zero-order chi connectivity index (χ0) is 19.7. The summed E-state index contributed by atoms with van der Waals surface area (Å²) >= 11 is 0. The molecule has 0 aliphatic carbocycles. The number of rotatable bonds is 5. The first-order chi connectivity index (χ1) is 13.4. The van der Waals surface area contributed by atoms with Gasteiger partial charge in [0.25, 0.3) is 5.91 Å². The number of ether oxygens (including phenoxy) is 1. The van der Waals surface area contributed by atoms with Gasteiger partial charge in [0.15, 0.2) is 0 Å². The van der Waals surface area contributed by atoms with Gasteiger partial charge in [0.2, 0.25) is 10.0 Å². The first kappa shape index (κ1) is 19.0. The van der Waals surface area contributed by atoms with E-state index < -0.39 is 10.0 Å². The van der Waals surface area contributed by atoms with Gasteiger partial charge in [0.05, 0.1) is 11.4 Å². The SMILES string of the molecule is Cc1ccc(CS(=O)(=O)Nc2ccc3c(c2)N(C(=O)C2CCCO2)CC3)cc1. The van der Waals surface area contributed by atoms with Gasteiger partial charge in [0.1, 0.15) is 6.10 Å². The third-order valence-electron chi connectivity index (χ3n) is 5.20. The van der Waals surface area contributed by atoms with Crippen LogP contribution in [0.15, 0.2) is 42.5 Å². The second-order valence-corrected chi connectivity index (χ2v) is 9.15. The lowest BCUT2D eigenvalue weighted by molar-refractivity contribution is -0.127. The fraction of sp³-hybridized carbons (Fsp3) is 0.381. The summed E-state index contributed by atoms with van der Waals surface area (Å²) in [6, 6.07) is 12.8. The molecule has 4 rings (SSSR count). The summed E-state index contributed by atoms with van der Waals surface area (Å²) in [4.78, 5) is 14.5. The van der Waals surface area contributed by atoms with E-state index in [1.54, 1.807) is 17.0 Å². The van der Waals surface area contributed by atoms with E-state index in [0.717, 1.165) is 41.6 Å². The standard InChI is InChI=1S/C21H24N2O4S/c1-15-4-6-16(7-5-15)14-28(25,26)22-18-9-8-17-10-11-23(19(17)13-18)21(24)20-3-2-12-27-20/h4-9,13,20,22H,2-3,10-12,14H2,1H3. The Hall–Kier alpha value is -2.38. The number of nitrogens with zero attached hydrogens (tertiary/aromatic N) is 1. The summed E-state index contributed by atoms with van der Waals surface area (Å²) in [5.74, 6) is -0.126. The molecule has 0 radical (unpaired) electrons. The number of anilines is 2. The smallest absolute Gasteiger partial charge is 0.256 e. The quantitative estimate of drug-likeness (QED) is 0.837. The number of carbonyl (C=O) groups is 1. The largest absolute Gasteiger partial charge is 0.368 e. The topological polar surface area (TPSA) is 75.7 Å². The second kappa shape index (κ2) is 7.56. The van der Waals surface area contributed by atoms with Crippen LogP contribution in [-0.2, 0) is 31.7 Å². The number of hydrogen-bond acceptors (Lipinski definition) is 4. The Morgan fingerprint density at radius 2 is 2.00 bits per heavy atom. The van der Waals surface area contributed by atoms with Gasteiger partial charge in [0, 0.05) is 18.8 Å². The molecule has 2 heterocycles. The predicted molar refractivity (Wildman–Crippen MR) is 109 cm³/mol. The van der Waals surface area contributed by atoms with E-state index in [-0.39, 0.29) is 17.8 Å². The molecule has 2 aliphatic rings. The van der Waals surface area contributed by atoms with Crippen molar-refractivity contribution in [2.24, 2.45) is 0 Å². The Morgan fingerprint density at radius 1 is 1.21 bits per heavy atom. The molecule has 6 nitrogen and oxygen atoms in total. The van der Waals surface area contributed by atoms with Crippen molar-refractivity contribution in [3.8, 4) is 0 Å². The number of aryl methyl sites for hydroxylation is 1. The van der Waals surface area contributed by atoms with Crippen LogP contribution in [0.3, 0.4) is 0 Å². The van der Waals surface area contributed by atoms with Crippen LogP contribution in [0.4, 0.5) is 11.4 Å². The molecule has 0 saturated carbocycles. The van der Waals surface area contributed by atoms with Crippen molar-refractivity contribution >= 4 is 27.3 Å². The lowest BCUT2D eigenvalue weighted by Crippen LogP contribution is -2.37. The van der Waals surface area contributed by atoms with Gasteiger partial charge in [-0.2, -0.15) is 0 Å². The molecule has 1 atom stereocenters. The van der Waals surface area contributed by atoms with Crippen LogP contribution < -0.4 is 9.62 Å². The molecule has 0 spiro atoms. The van der Waals surface area contributed by atoms with Crippen molar-refractivity contribution in [1.29, 1.82) is 0 Å². The van der Waals surface area contributed by atoms with E-state index in [1.807, 2.05) is 37.3 Å². The fourth-order valence-electron chi connectivity index (χ4n) is 3.74. The fourth-order valence-corrected chi connectivity index (χ4v) is 4.93. The van der Waals surface area contributed by atoms with Crippen molar-refractivity contribution in [3.63, 3.8) is 0 Å². The highest BCUT2D eigenvalue weighted by Gasteiger charge is 2.33. The van der Waals surface area contributed by atoms with E-state index in [0.29, 0.717) is 18.8 Å². The van der Waals surface area contributed by atoms with E-state index in [4.69, 9.17) is 4.74 Å². The van der Waals surface area contributed by atoms with Crippen LogP contribution in [0.2, 0.25) is 0 Å². The van der Waals surface area contributed by atoms with Crippen molar-refractivity contribution < 1.29 is 17.9 Å². The first-order valence-corrected chi connectivity index (χ1v) is 11.2. The van der Waals surface area contributed by atoms with Crippen LogP contribution >= 0.6 is 0 Å². The van der Waals surface area contributed by atoms with Gasteiger partial charge in [-0.1, -0.05) is 35.9 Å². The summed E-state index contributed by atoms with van der Waals surface area (Å²) in [6.07, 6.45) is 2.03. The lowest BCUT2D eigenvalue weighted by atomic mass is 10.1. The van der Waals surface area contributed by atoms with Crippen LogP contribution in [0.1, 0.15) is 29.5 Å². The number of nitrogens with one attached hydrogen (secondary N) is 1. The van der Waals surface area contributed by atoms with Crippen LogP contribution in [0.25, 0.3) is 0 Å². The molecule has 2 aliphatic heterocycles. The molecule has 1 N–H and O–H groups in total. The third kappa shape index (κ3) is 4.05. The zero-order valence-corrected chi connectivity index (χ0v) is 16.7. The summed E-state index contributed by atoms with van der Waals surface area (Å²) in [5.41, 5.74) is 4.11. The molecule has 1 fully saturated rings. The van der Waals surface area contributed by atoms with Gasteiger partial charge in [-0.25, -0.2) is 8.42 Å². The van der Waals surface area contributed by atoms with Gasteiger partial charge < -0.3 is 9.64 Å². The van der Waals surface area contributed by atoms with E-state index in [9.17, 15) is 13.2 Å². The molecule has 28 heavy (non-hydrogen) atoms. The molecule has 1 saturated heterocycles. The van der Waals surface area contributed by atoms with Crippen LogP contribution in [-0.4, -0.2) is 33.6 Å². The van der Waals surface area contributed by atoms with E-state index in [2.05, 4.69) is 4.72 Å². The Balaban J connectivity index is 1.51. The maximum atomic E-state index is 12.7. The molecule has 2 aromatic rings. The van der Waals surface area contributed by atoms with Crippen molar-refractivity contribution in [1.82, 2.24) is 0 Å². The van der Waals surface area contributed by atoms with Gasteiger partial charge >= 0.3 is 0 Å². The van der Waals surface area contributed by atoms with Gasteiger partial charge in [-0.3, -0.25) is 9.52 Å². The normalized spacial score (nSPS) is 18.9. The minimum atomic E-state index is -3.55. The minimum absolute atomic E-state index is 0.0316. The highest BCUT2D eigenvalue weighted by atomic mass is 32.2. The maximum absolute atomic E-state index is 12.7. The summed E-state index contributed by atoms with van der Waals surface area (Å²) in [7, 11) is -3.55. The molecular weight excluding hydrogens is 376 g/mol. The number of amides is 1. The monoisotopic (exact) mass is 400 g/mol. The van der Waals surface area contributed by atoms with Gasteiger partial charge in [-0.05, 0) is 49.4 Å². The maximum Gasteiger partial charge on any atom is 0.256 e. The summed E-state index contributed by atoms with van der Waals surface area (Å²) in [6.45, 7) is 3.19. The minimum Gasteiger partial charge on any atom is -0.368 e.